The summed E-state index contributed by atoms with van der Waals surface area (Å²) in [5, 5.41) is 14.8. The van der Waals surface area contributed by atoms with Crippen LogP contribution < -0.4 is 10.6 Å². The Morgan fingerprint density at radius 1 is 1.37 bits per heavy atom. The molecule has 3 atom stereocenters. The van der Waals surface area contributed by atoms with Gasteiger partial charge in [-0.25, -0.2) is 4.79 Å². The van der Waals surface area contributed by atoms with Gasteiger partial charge in [-0.05, 0) is 25.2 Å². The van der Waals surface area contributed by atoms with E-state index >= 15 is 0 Å². The van der Waals surface area contributed by atoms with Crippen LogP contribution >= 0.6 is 0 Å². The molecule has 1 aliphatic heterocycles. The number of carboxylic acids is 1. The van der Waals surface area contributed by atoms with Crippen LogP contribution in [-0.2, 0) is 14.4 Å². The van der Waals surface area contributed by atoms with Gasteiger partial charge in [-0.3, -0.25) is 9.59 Å². The van der Waals surface area contributed by atoms with Crippen LogP contribution in [0.15, 0.2) is 0 Å². The van der Waals surface area contributed by atoms with Crippen molar-refractivity contribution in [1.82, 2.24) is 10.6 Å². The number of carbonyl (C=O) groups excluding carboxylic acids is 2. The van der Waals surface area contributed by atoms with E-state index in [1.54, 1.807) is 0 Å². The molecule has 1 saturated carbocycles. The van der Waals surface area contributed by atoms with Crippen molar-refractivity contribution in [1.29, 1.82) is 0 Å². The van der Waals surface area contributed by atoms with Gasteiger partial charge in [0.1, 0.15) is 11.6 Å². The summed E-state index contributed by atoms with van der Waals surface area (Å²) < 4.78 is 0. The predicted molar refractivity (Wildman–Crippen MR) is 67.3 cm³/mol. The fraction of sp³-hybridized carbons (Fsp3) is 0.769. The second kappa shape index (κ2) is 5.19. The molecule has 1 heterocycles. The molecule has 2 fully saturated rings. The van der Waals surface area contributed by atoms with Crippen LogP contribution in [0.25, 0.3) is 0 Å². The first-order chi connectivity index (χ1) is 8.95. The number of rotatable bonds is 3. The smallest absolute Gasteiger partial charge is 0.329 e. The van der Waals surface area contributed by atoms with Crippen molar-refractivity contribution < 1.29 is 19.5 Å². The Labute approximate surface area is 111 Å². The summed E-state index contributed by atoms with van der Waals surface area (Å²) in [5.74, 6) is -1.60. The van der Waals surface area contributed by atoms with Gasteiger partial charge < -0.3 is 15.7 Å². The summed E-state index contributed by atoms with van der Waals surface area (Å²) in [7, 11) is 0. The Bertz CT molecular complexity index is 409. The first-order valence-corrected chi connectivity index (χ1v) is 6.80. The third kappa shape index (κ3) is 2.57. The van der Waals surface area contributed by atoms with E-state index in [1.165, 1.54) is 0 Å². The van der Waals surface area contributed by atoms with Gasteiger partial charge in [0.2, 0.25) is 11.8 Å². The van der Waals surface area contributed by atoms with Crippen LogP contribution in [0.1, 0.15) is 45.4 Å². The van der Waals surface area contributed by atoms with Crippen molar-refractivity contribution in [2.75, 3.05) is 0 Å². The summed E-state index contributed by atoms with van der Waals surface area (Å²) in [6.45, 7) is 1.86. The van der Waals surface area contributed by atoms with Crippen LogP contribution in [0.2, 0.25) is 0 Å². The molecule has 0 spiro atoms. The molecule has 2 amide bonds. The quantitative estimate of drug-likeness (QED) is 0.691. The van der Waals surface area contributed by atoms with Crippen LogP contribution in [0, 0.1) is 5.92 Å². The lowest BCUT2D eigenvalue weighted by atomic mass is 9.73. The molecule has 0 aromatic carbocycles. The molecule has 1 saturated heterocycles. The van der Waals surface area contributed by atoms with Gasteiger partial charge >= 0.3 is 5.97 Å². The number of aliphatic carboxylic acids is 1. The lowest BCUT2D eigenvalue weighted by Crippen LogP contribution is -2.62. The van der Waals surface area contributed by atoms with Crippen molar-refractivity contribution in [3.63, 3.8) is 0 Å². The van der Waals surface area contributed by atoms with Crippen molar-refractivity contribution >= 4 is 17.8 Å². The van der Waals surface area contributed by atoms with E-state index in [2.05, 4.69) is 10.6 Å². The average molecular weight is 268 g/mol. The average Bonchev–Trinajstić information content (AvgIpc) is 2.78. The molecule has 19 heavy (non-hydrogen) atoms. The highest BCUT2D eigenvalue weighted by Gasteiger charge is 2.47. The Hall–Kier alpha value is -1.59. The maximum absolute atomic E-state index is 12.1. The number of hydrogen-bond acceptors (Lipinski definition) is 3. The Morgan fingerprint density at radius 2 is 2.11 bits per heavy atom. The first kappa shape index (κ1) is 13.8. The summed E-state index contributed by atoms with van der Waals surface area (Å²) in [6.07, 6.45) is 3.81. The van der Waals surface area contributed by atoms with E-state index in [1.807, 2.05) is 6.92 Å². The van der Waals surface area contributed by atoms with Gasteiger partial charge in [0.15, 0.2) is 0 Å². The summed E-state index contributed by atoms with van der Waals surface area (Å²) in [6, 6.07) is -0.585. The zero-order chi connectivity index (χ0) is 14.0. The number of carboxylic acid groups (broad SMARTS) is 1. The summed E-state index contributed by atoms with van der Waals surface area (Å²) >= 11 is 0. The largest absolute Gasteiger partial charge is 0.479 e. The molecule has 0 bridgehead atoms. The first-order valence-electron chi connectivity index (χ1n) is 6.80. The van der Waals surface area contributed by atoms with Crippen LogP contribution in [0.3, 0.4) is 0 Å². The van der Waals surface area contributed by atoms with Crippen molar-refractivity contribution in [3.8, 4) is 0 Å². The van der Waals surface area contributed by atoms with E-state index < -0.39 is 17.6 Å². The lowest BCUT2D eigenvalue weighted by Gasteiger charge is -2.40. The number of carbonyl (C=O) groups is 3. The molecule has 106 valence electrons. The minimum Gasteiger partial charge on any atom is -0.479 e. The molecule has 0 radical (unpaired) electrons. The SMILES string of the molecule is CC1CCCCC1(NC(=O)[C@@H]1CCC(=O)N1)C(=O)O. The van der Waals surface area contributed by atoms with E-state index in [9.17, 15) is 19.5 Å². The topological polar surface area (TPSA) is 95.5 Å². The molecule has 0 aromatic heterocycles. The van der Waals surface area contributed by atoms with Gasteiger partial charge in [0, 0.05) is 6.42 Å². The number of hydrogen-bond donors (Lipinski definition) is 3. The number of amides is 2. The predicted octanol–water partition coefficient (Wildman–Crippen LogP) is 0.415. The van der Waals surface area contributed by atoms with Gasteiger partial charge in [0.05, 0.1) is 0 Å². The van der Waals surface area contributed by atoms with Crippen LogP contribution in [-0.4, -0.2) is 34.5 Å². The highest BCUT2D eigenvalue weighted by molar-refractivity contribution is 5.94. The minimum absolute atomic E-state index is 0.0974. The third-order valence-corrected chi connectivity index (χ3v) is 4.34. The normalized spacial score (nSPS) is 34.7. The molecule has 6 heteroatoms. The molecule has 2 aliphatic rings. The Kier molecular flexibility index (Phi) is 3.78. The van der Waals surface area contributed by atoms with Gasteiger partial charge in [-0.2, -0.15) is 0 Å². The van der Waals surface area contributed by atoms with E-state index in [4.69, 9.17) is 0 Å². The van der Waals surface area contributed by atoms with Gasteiger partial charge in [0.25, 0.3) is 0 Å². The Balaban J connectivity index is 2.10. The molecule has 1 aliphatic carbocycles. The van der Waals surface area contributed by atoms with Crippen LogP contribution in [0.4, 0.5) is 0 Å². The molecule has 2 unspecified atom stereocenters. The zero-order valence-electron chi connectivity index (χ0n) is 11.1. The molecule has 3 N–H and O–H groups in total. The Morgan fingerprint density at radius 3 is 2.63 bits per heavy atom. The van der Waals surface area contributed by atoms with E-state index in [0.29, 0.717) is 19.3 Å². The fourth-order valence-electron chi connectivity index (χ4n) is 3.02. The highest BCUT2D eigenvalue weighted by atomic mass is 16.4. The molecular formula is C13H20N2O4. The molecule has 2 rings (SSSR count). The van der Waals surface area contributed by atoms with Crippen molar-refractivity contribution in [2.24, 2.45) is 5.92 Å². The third-order valence-electron chi connectivity index (χ3n) is 4.34. The maximum Gasteiger partial charge on any atom is 0.329 e. The molecule has 6 nitrogen and oxygen atoms in total. The fourth-order valence-corrected chi connectivity index (χ4v) is 3.02. The summed E-state index contributed by atoms with van der Waals surface area (Å²) in [4.78, 5) is 34.8. The van der Waals surface area contributed by atoms with Crippen LogP contribution in [0.5, 0.6) is 0 Å². The monoisotopic (exact) mass is 268 g/mol. The van der Waals surface area contributed by atoms with E-state index in [-0.39, 0.29) is 17.7 Å². The molecular weight excluding hydrogens is 248 g/mol. The second-order valence-corrected chi connectivity index (χ2v) is 5.57. The lowest BCUT2D eigenvalue weighted by molar-refractivity contribution is -0.152. The van der Waals surface area contributed by atoms with Crippen molar-refractivity contribution in [3.05, 3.63) is 0 Å². The highest BCUT2D eigenvalue weighted by Crippen LogP contribution is 2.34. The van der Waals surface area contributed by atoms with Crippen molar-refractivity contribution in [2.45, 2.75) is 57.0 Å². The standard InChI is InChI=1S/C13H20N2O4/c1-8-4-2-3-7-13(8,12(18)19)15-11(17)9-5-6-10(16)14-9/h8-9H,2-7H2,1H3,(H,14,16)(H,15,17)(H,18,19)/t8?,9-,13?/m0/s1. The zero-order valence-corrected chi connectivity index (χ0v) is 11.1. The van der Waals surface area contributed by atoms with E-state index in [0.717, 1.165) is 19.3 Å². The van der Waals surface area contributed by atoms with Gasteiger partial charge in [-0.1, -0.05) is 19.8 Å². The second-order valence-electron chi connectivity index (χ2n) is 5.57. The van der Waals surface area contributed by atoms with Gasteiger partial charge in [-0.15, -0.1) is 0 Å². The number of nitrogens with one attached hydrogen (secondary N) is 2. The maximum atomic E-state index is 12.1. The summed E-state index contributed by atoms with van der Waals surface area (Å²) in [5.41, 5.74) is -1.18. The molecule has 0 aromatic rings. The minimum atomic E-state index is -1.18.